The Labute approximate surface area is 180 Å². The molecule has 0 saturated heterocycles. The zero-order valence-electron chi connectivity index (χ0n) is 17.6. The highest BCUT2D eigenvalue weighted by atomic mass is 32.2. The predicted molar refractivity (Wildman–Crippen MR) is 118 cm³/mol. The van der Waals surface area contributed by atoms with Crippen LogP contribution in [0.3, 0.4) is 0 Å². The van der Waals surface area contributed by atoms with Crippen molar-refractivity contribution in [1.82, 2.24) is 19.3 Å². The molecule has 0 spiro atoms. The van der Waals surface area contributed by atoms with Crippen LogP contribution in [0.1, 0.15) is 46.5 Å². The molecule has 8 heteroatoms. The van der Waals surface area contributed by atoms with Crippen molar-refractivity contribution in [2.75, 3.05) is 5.75 Å². The lowest BCUT2D eigenvalue weighted by atomic mass is 10.2. The fourth-order valence-corrected chi connectivity index (χ4v) is 4.37. The number of aromatic nitrogens is 4. The van der Waals surface area contributed by atoms with Gasteiger partial charge in [-0.1, -0.05) is 42.1 Å². The molecule has 0 atom stereocenters. The van der Waals surface area contributed by atoms with Gasteiger partial charge in [0, 0.05) is 42.9 Å². The lowest BCUT2D eigenvalue weighted by Crippen LogP contribution is -2.13. The molecule has 0 fully saturated rings. The van der Waals surface area contributed by atoms with Crippen LogP contribution in [0.2, 0.25) is 0 Å². The molecule has 2 aromatic heterocycles. The molecule has 2 heterocycles. The maximum Gasteiger partial charge on any atom is 0.217 e. The number of rotatable bonds is 10. The van der Waals surface area contributed by atoms with Crippen LogP contribution >= 0.6 is 11.8 Å². The molecule has 158 valence electrons. The summed E-state index contributed by atoms with van der Waals surface area (Å²) in [6.45, 7) is 7.42. The number of nitrogens with two attached hydrogens (primary N) is 1. The van der Waals surface area contributed by atoms with E-state index in [1.165, 1.54) is 17.3 Å². The molecular weight excluding hydrogens is 398 g/mol. The number of hydrogen-bond donors (Lipinski definition) is 1. The van der Waals surface area contributed by atoms with Crippen molar-refractivity contribution < 1.29 is 9.59 Å². The summed E-state index contributed by atoms with van der Waals surface area (Å²) in [7, 11) is 0. The van der Waals surface area contributed by atoms with Crippen LogP contribution in [-0.2, 0) is 24.3 Å². The lowest BCUT2D eigenvalue weighted by molar-refractivity contribution is -0.118. The van der Waals surface area contributed by atoms with Crippen LogP contribution in [0.5, 0.6) is 0 Å². The van der Waals surface area contributed by atoms with Gasteiger partial charge in [0.25, 0.3) is 0 Å². The molecule has 0 unspecified atom stereocenters. The maximum atomic E-state index is 12.9. The minimum absolute atomic E-state index is 0.0664. The first-order valence-corrected chi connectivity index (χ1v) is 11.0. The Balaban J connectivity index is 1.70. The molecule has 3 aromatic rings. The number of aryl methyl sites for hydroxylation is 2. The summed E-state index contributed by atoms with van der Waals surface area (Å²) in [5, 5.41) is 9.04. The molecule has 0 aliphatic rings. The minimum Gasteiger partial charge on any atom is -0.370 e. The van der Waals surface area contributed by atoms with E-state index >= 15 is 0 Å². The zero-order valence-corrected chi connectivity index (χ0v) is 18.4. The molecule has 0 aliphatic carbocycles. The number of nitrogens with zero attached hydrogens (tertiary/aromatic N) is 4. The second kappa shape index (κ2) is 9.75. The van der Waals surface area contributed by atoms with Gasteiger partial charge in [0.2, 0.25) is 5.91 Å². The van der Waals surface area contributed by atoms with Crippen molar-refractivity contribution in [1.29, 1.82) is 0 Å². The van der Waals surface area contributed by atoms with E-state index in [4.69, 9.17) is 5.73 Å². The zero-order chi connectivity index (χ0) is 21.7. The summed E-state index contributed by atoms with van der Waals surface area (Å²) in [5.41, 5.74) is 9.21. The Morgan fingerprint density at radius 2 is 1.83 bits per heavy atom. The van der Waals surface area contributed by atoms with Gasteiger partial charge in [0.05, 0.1) is 5.75 Å². The van der Waals surface area contributed by atoms with Crippen LogP contribution in [0.25, 0.3) is 0 Å². The van der Waals surface area contributed by atoms with Crippen molar-refractivity contribution >= 4 is 23.5 Å². The van der Waals surface area contributed by atoms with Gasteiger partial charge in [-0.25, -0.2) is 0 Å². The Morgan fingerprint density at radius 1 is 1.10 bits per heavy atom. The highest BCUT2D eigenvalue weighted by Crippen LogP contribution is 2.23. The Morgan fingerprint density at radius 3 is 2.50 bits per heavy atom. The Hall–Kier alpha value is -2.87. The van der Waals surface area contributed by atoms with Crippen molar-refractivity contribution in [2.45, 2.75) is 51.9 Å². The summed E-state index contributed by atoms with van der Waals surface area (Å²) >= 11 is 1.37. The monoisotopic (exact) mass is 425 g/mol. The van der Waals surface area contributed by atoms with E-state index < -0.39 is 0 Å². The van der Waals surface area contributed by atoms with E-state index in [-0.39, 0.29) is 23.9 Å². The third-order valence-corrected chi connectivity index (χ3v) is 6.06. The number of amides is 1. The van der Waals surface area contributed by atoms with Crippen LogP contribution < -0.4 is 5.73 Å². The average Bonchev–Trinajstić information content (AvgIpc) is 3.26. The molecule has 3 rings (SSSR count). The molecule has 1 amide bonds. The number of ketones is 1. The third kappa shape index (κ3) is 4.99. The van der Waals surface area contributed by atoms with Gasteiger partial charge in [-0.15, -0.1) is 10.2 Å². The van der Waals surface area contributed by atoms with Crippen molar-refractivity contribution in [3.05, 3.63) is 64.7 Å². The smallest absolute Gasteiger partial charge is 0.217 e. The average molecular weight is 426 g/mol. The number of carbonyl (C=O) groups is 2. The van der Waals surface area contributed by atoms with Crippen molar-refractivity contribution in [3.8, 4) is 0 Å². The first-order chi connectivity index (χ1) is 14.4. The van der Waals surface area contributed by atoms with Crippen LogP contribution in [0, 0.1) is 13.8 Å². The second-order valence-corrected chi connectivity index (χ2v) is 8.12. The lowest BCUT2D eigenvalue weighted by Gasteiger charge is -2.10. The first kappa shape index (κ1) is 21.8. The molecule has 0 radical (unpaired) electrons. The highest BCUT2D eigenvalue weighted by Gasteiger charge is 2.18. The van der Waals surface area contributed by atoms with E-state index in [0.717, 1.165) is 23.5 Å². The van der Waals surface area contributed by atoms with Gasteiger partial charge in [-0.05, 0) is 32.4 Å². The van der Waals surface area contributed by atoms with Crippen LogP contribution in [0.15, 0.2) is 41.6 Å². The number of primary amides is 1. The van der Waals surface area contributed by atoms with E-state index in [1.54, 1.807) is 0 Å². The first-order valence-electron chi connectivity index (χ1n) is 9.97. The van der Waals surface area contributed by atoms with E-state index in [0.29, 0.717) is 23.9 Å². The number of Topliss-reactive ketones (excluding diaryl/α,β-unsaturated/α-hetero) is 1. The largest absolute Gasteiger partial charge is 0.370 e. The van der Waals surface area contributed by atoms with Gasteiger partial charge in [-0.2, -0.15) is 0 Å². The van der Waals surface area contributed by atoms with E-state index in [9.17, 15) is 9.59 Å². The summed E-state index contributed by atoms with van der Waals surface area (Å²) < 4.78 is 4.10. The van der Waals surface area contributed by atoms with Crippen molar-refractivity contribution in [3.63, 3.8) is 0 Å². The molecule has 0 bridgehead atoms. The molecule has 7 nitrogen and oxygen atoms in total. The van der Waals surface area contributed by atoms with Gasteiger partial charge in [-0.3, -0.25) is 9.59 Å². The molecule has 0 saturated carbocycles. The van der Waals surface area contributed by atoms with E-state index in [2.05, 4.69) is 26.9 Å². The topological polar surface area (TPSA) is 95.8 Å². The quantitative estimate of drug-likeness (QED) is 0.398. The summed E-state index contributed by atoms with van der Waals surface area (Å²) in [6.07, 6.45) is 0.681. The highest BCUT2D eigenvalue weighted by molar-refractivity contribution is 7.99. The molecular formula is C22H27N5O2S. The Bertz CT molecular complexity index is 1040. The predicted octanol–water partition coefficient (Wildman–Crippen LogP) is 3.16. The molecule has 30 heavy (non-hydrogen) atoms. The van der Waals surface area contributed by atoms with Gasteiger partial charge < -0.3 is 14.9 Å². The number of thioether (sulfide) groups is 1. The van der Waals surface area contributed by atoms with E-state index in [1.807, 2.05) is 49.6 Å². The molecule has 0 aliphatic heterocycles. The minimum atomic E-state index is -0.365. The van der Waals surface area contributed by atoms with Crippen LogP contribution in [0.4, 0.5) is 0 Å². The summed E-state index contributed by atoms with van der Waals surface area (Å²) in [4.78, 5) is 24.0. The third-order valence-electron chi connectivity index (χ3n) is 5.09. The number of benzene rings is 1. The van der Waals surface area contributed by atoms with Gasteiger partial charge in [0.15, 0.2) is 10.9 Å². The fraction of sp³-hybridized carbons (Fsp3) is 0.364. The number of carbonyl (C=O) groups excluding carboxylic acids is 2. The summed E-state index contributed by atoms with van der Waals surface area (Å²) in [6, 6.07) is 12.2. The molecule has 1 aromatic carbocycles. The van der Waals surface area contributed by atoms with Gasteiger partial charge in [0.1, 0.15) is 5.82 Å². The summed E-state index contributed by atoms with van der Waals surface area (Å²) in [5.74, 6) is 0.698. The Kier molecular flexibility index (Phi) is 7.10. The fourth-order valence-electron chi connectivity index (χ4n) is 3.46. The SMILES string of the molecule is CCn1c(CCC(N)=O)nnc1SCC(=O)c1cc(C)n(Cc2ccccc2)c1C. The molecule has 2 N–H and O–H groups in total. The van der Waals surface area contributed by atoms with Gasteiger partial charge >= 0.3 is 0 Å². The standard InChI is InChI=1S/C22H27N5O2S/c1-4-26-21(11-10-20(23)29)24-25-22(26)30-14-19(28)18-12-15(2)27(16(18)3)13-17-8-6-5-7-9-17/h5-9,12H,4,10-11,13-14H2,1-3H3,(H2,23,29). The normalized spacial score (nSPS) is 11.0. The number of hydrogen-bond acceptors (Lipinski definition) is 5. The second-order valence-electron chi connectivity index (χ2n) is 7.18. The maximum absolute atomic E-state index is 12.9. The van der Waals surface area contributed by atoms with Crippen molar-refractivity contribution in [2.24, 2.45) is 5.73 Å². The van der Waals surface area contributed by atoms with Crippen LogP contribution in [-0.4, -0.2) is 36.8 Å².